The second-order valence-corrected chi connectivity index (χ2v) is 10.6. The highest BCUT2D eigenvalue weighted by molar-refractivity contribution is 5.93. The number of carbonyl (C=O) groups is 2. The van der Waals surface area contributed by atoms with Crippen LogP contribution in [0.1, 0.15) is 52.4 Å². The van der Waals surface area contributed by atoms with E-state index in [-0.39, 0.29) is 28.6 Å². The molecule has 7 atom stereocenters. The molecule has 3 saturated carbocycles. The van der Waals surface area contributed by atoms with Crippen LogP contribution in [0, 0.1) is 34.5 Å². The fraction of sp³-hybridized carbons (Fsp3) is 0.615. The summed E-state index contributed by atoms with van der Waals surface area (Å²) in [7, 11) is 1.97. The molecule has 0 bridgehead atoms. The third kappa shape index (κ3) is 2.79. The summed E-state index contributed by atoms with van der Waals surface area (Å²) in [6.45, 7) is 4.77. The summed E-state index contributed by atoms with van der Waals surface area (Å²) in [5.41, 5.74) is 1.05. The molecule has 1 heterocycles. The summed E-state index contributed by atoms with van der Waals surface area (Å²) < 4.78 is 0. The largest absolute Gasteiger partial charge is 0.338 e. The fourth-order valence-electron chi connectivity index (χ4n) is 7.92. The van der Waals surface area contributed by atoms with E-state index in [0.29, 0.717) is 23.8 Å². The van der Waals surface area contributed by atoms with Crippen molar-refractivity contribution < 1.29 is 9.59 Å². The van der Waals surface area contributed by atoms with E-state index >= 15 is 0 Å². The van der Waals surface area contributed by atoms with Crippen molar-refractivity contribution in [1.82, 2.24) is 4.90 Å². The van der Waals surface area contributed by atoms with Crippen molar-refractivity contribution >= 4 is 17.5 Å². The van der Waals surface area contributed by atoms with Gasteiger partial charge in [-0.05, 0) is 79.9 Å². The third-order valence-corrected chi connectivity index (χ3v) is 9.49. The molecular formula is C26H34N2O2. The molecule has 0 spiro atoms. The molecule has 2 amide bonds. The van der Waals surface area contributed by atoms with Crippen LogP contribution in [0.15, 0.2) is 42.5 Å². The van der Waals surface area contributed by atoms with E-state index in [9.17, 15) is 9.59 Å². The molecule has 4 heteroatoms. The summed E-state index contributed by atoms with van der Waals surface area (Å²) in [6.07, 6.45) is 10.7. The maximum absolute atomic E-state index is 13.2. The third-order valence-electron chi connectivity index (χ3n) is 9.49. The van der Waals surface area contributed by atoms with E-state index < -0.39 is 0 Å². The van der Waals surface area contributed by atoms with E-state index in [0.717, 1.165) is 37.8 Å². The molecule has 160 valence electrons. The summed E-state index contributed by atoms with van der Waals surface area (Å²) >= 11 is 0. The van der Waals surface area contributed by atoms with Crippen LogP contribution >= 0.6 is 0 Å². The Labute approximate surface area is 180 Å². The zero-order chi connectivity index (χ0) is 21.1. The summed E-state index contributed by atoms with van der Waals surface area (Å²) in [4.78, 5) is 27.5. The topological polar surface area (TPSA) is 49.4 Å². The van der Waals surface area contributed by atoms with E-state index in [4.69, 9.17) is 0 Å². The minimum atomic E-state index is 0.0668. The van der Waals surface area contributed by atoms with Gasteiger partial charge in [0.05, 0.1) is 0 Å². The number of hydrogen-bond donors (Lipinski definition) is 1. The van der Waals surface area contributed by atoms with Gasteiger partial charge in [0, 0.05) is 30.1 Å². The van der Waals surface area contributed by atoms with Gasteiger partial charge in [-0.25, -0.2) is 0 Å². The molecule has 2 unspecified atom stereocenters. The molecular weight excluding hydrogens is 372 g/mol. The number of fused-ring (bicyclic) bond motifs is 5. The predicted molar refractivity (Wildman–Crippen MR) is 119 cm³/mol. The van der Waals surface area contributed by atoms with Gasteiger partial charge in [0.25, 0.3) is 0 Å². The molecule has 3 aliphatic carbocycles. The Morgan fingerprint density at radius 2 is 1.80 bits per heavy atom. The SMILES string of the molecule is CN1C(=O)C=C[C@@]2(C)C1CC[C@@H]1[C@H]2CC[C@]2(C)C(C(=O)Nc3ccccc3)CC[C@@H]12. The van der Waals surface area contributed by atoms with Gasteiger partial charge in [-0.3, -0.25) is 9.59 Å². The highest BCUT2D eigenvalue weighted by Gasteiger charge is 2.61. The number of anilines is 1. The molecule has 0 radical (unpaired) electrons. The van der Waals surface area contributed by atoms with Gasteiger partial charge in [-0.15, -0.1) is 0 Å². The van der Waals surface area contributed by atoms with Crippen LogP contribution in [-0.4, -0.2) is 29.8 Å². The highest BCUT2D eigenvalue weighted by atomic mass is 16.2. The first-order chi connectivity index (χ1) is 14.3. The number of amides is 2. The van der Waals surface area contributed by atoms with Gasteiger partial charge in [-0.1, -0.05) is 38.1 Å². The average molecular weight is 407 g/mol. The highest BCUT2D eigenvalue weighted by Crippen LogP contribution is 2.65. The number of likely N-dealkylation sites (N-methyl/N-ethyl adjacent to an activating group) is 1. The number of para-hydroxylation sites is 1. The second kappa shape index (κ2) is 6.96. The Morgan fingerprint density at radius 3 is 2.57 bits per heavy atom. The van der Waals surface area contributed by atoms with Crippen LogP contribution in [0.2, 0.25) is 0 Å². The second-order valence-electron chi connectivity index (χ2n) is 10.6. The number of nitrogens with zero attached hydrogens (tertiary/aromatic N) is 1. The fourth-order valence-corrected chi connectivity index (χ4v) is 7.92. The molecule has 3 fully saturated rings. The lowest BCUT2D eigenvalue weighted by molar-refractivity contribution is -0.141. The van der Waals surface area contributed by atoms with Crippen molar-refractivity contribution in [2.45, 2.75) is 58.4 Å². The zero-order valence-corrected chi connectivity index (χ0v) is 18.4. The Balaban J connectivity index is 1.38. The smallest absolute Gasteiger partial charge is 0.246 e. The lowest BCUT2D eigenvalue weighted by Crippen LogP contribution is -2.59. The van der Waals surface area contributed by atoms with Crippen LogP contribution in [0.4, 0.5) is 5.69 Å². The van der Waals surface area contributed by atoms with Crippen molar-refractivity contribution in [3.8, 4) is 0 Å². The lowest BCUT2D eigenvalue weighted by Gasteiger charge is -2.60. The van der Waals surface area contributed by atoms with Gasteiger partial charge in [-0.2, -0.15) is 0 Å². The first kappa shape index (κ1) is 19.8. The quantitative estimate of drug-likeness (QED) is 0.761. The van der Waals surface area contributed by atoms with E-state index in [1.165, 1.54) is 6.42 Å². The van der Waals surface area contributed by atoms with Crippen molar-refractivity contribution in [3.05, 3.63) is 42.5 Å². The van der Waals surface area contributed by atoms with Gasteiger partial charge in [0.15, 0.2) is 0 Å². The number of nitrogens with one attached hydrogen (secondary N) is 1. The predicted octanol–water partition coefficient (Wildman–Crippen LogP) is 4.88. The van der Waals surface area contributed by atoms with E-state index in [1.807, 2.05) is 42.3 Å². The van der Waals surface area contributed by atoms with E-state index in [1.54, 1.807) is 6.08 Å². The number of benzene rings is 1. The van der Waals surface area contributed by atoms with Crippen molar-refractivity contribution in [2.75, 3.05) is 12.4 Å². The summed E-state index contributed by atoms with van der Waals surface area (Å²) in [5, 5.41) is 3.18. The van der Waals surface area contributed by atoms with Crippen LogP contribution in [0.5, 0.6) is 0 Å². The number of hydrogen-bond acceptors (Lipinski definition) is 2. The minimum Gasteiger partial charge on any atom is -0.338 e. The Kier molecular flexibility index (Phi) is 4.61. The molecule has 1 aromatic rings. The zero-order valence-electron chi connectivity index (χ0n) is 18.4. The maximum atomic E-state index is 13.2. The van der Waals surface area contributed by atoms with E-state index in [2.05, 4.69) is 25.2 Å². The molecule has 0 saturated heterocycles. The monoisotopic (exact) mass is 406 g/mol. The van der Waals surface area contributed by atoms with Crippen molar-refractivity contribution in [1.29, 1.82) is 0 Å². The minimum absolute atomic E-state index is 0.0668. The van der Waals surface area contributed by atoms with Crippen LogP contribution in [0.3, 0.4) is 0 Å². The molecule has 4 nitrogen and oxygen atoms in total. The molecule has 5 rings (SSSR count). The van der Waals surface area contributed by atoms with Gasteiger partial charge in [0.1, 0.15) is 0 Å². The normalized spacial score (nSPS) is 42.3. The number of carbonyl (C=O) groups excluding carboxylic acids is 2. The lowest BCUT2D eigenvalue weighted by atomic mass is 9.47. The van der Waals surface area contributed by atoms with Crippen molar-refractivity contribution in [3.63, 3.8) is 0 Å². The van der Waals surface area contributed by atoms with Gasteiger partial charge >= 0.3 is 0 Å². The number of rotatable bonds is 2. The molecule has 0 aromatic heterocycles. The molecule has 4 aliphatic rings. The molecule has 1 N–H and O–H groups in total. The van der Waals surface area contributed by atoms with Crippen LogP contribution in [0.25, 0.3) is 0 Å². The Morgan fingerprint density at radius 1 is 1.03 bits per heavy atom. The summed E-state index contributed by atoms with van der Waals surface area (Å²) in [6, 6.07) is 10.2. The first-order valence-electron chi connectivity index (χ1n) is 11.7. The van der Waals surface area contributed by atoms with Crippen molar-refractivity contribution in [2.24, 2.45) is 34.5 Å². The van der Waals surface area contributed by atoms with Gasteiger partial charge in [0.2, 0.25) is 11.8 Å². The van der Waals surface area contributed by atoms with Crippen LogP contribution < -0.4 is 5.32 Å². The van der Waals surface area contributed by atoms with Gasteiger partial charge < -0.3 is 10.2 Å². The Hall–Kier alpha value is -2.10. The van der Waals surface area contributed by atoms with Crippen LogP contribution in [-0.2, 0) is 9.59 Å². The summed E-state index contributed by atoms with van der Waals surface area (Å²) in [5.74, 6) is 2.32. The molecule has 1 aromatic carbocycles. The first-order valence-corrected chi connectivity index (χ1v) is 11.7. The molecule has 1 aliphatic heterocycles. The standard InChI is InChI=1S/C26H34N2O2/c1-25-15-13-20-18(9-12-22-26(20,2)16-14-23(29)28(22)3)19(25)10-11-21(25)24(30)27-17-7-5-4-6-8-17/h4-8,14,16,18-22H,9-13,15H2,1-3H3,(H,27,30)/t18-,19-,20+,21?,22?,25-,26+/m0/s1. The maximum Gasteiger partial charge on any atom is 0.246 e. The average Bonchev–Trinajstić information content (AvgIpc) is 3.09. The molecule has 30 heavy (non-hydrogen) atoms. The Bertz CT molecular complexity index is 880.